The number of aromatic nitrogens is 2. The normalized spacial score (nSPS) is 10.0. The van der Waals surface area contributed by atoms with E-state index in [0.29, 0.717) is 0 Å². The van der Waals surface area contributed by atoms with Crippen molar-refractivity contribution in [3.8, 4) is 0 Å². The zero-order valence-electron chi connectivity index (χ0n) is 11.0. The van der Waals surface area contributed by atoms with Crippen LogP contribution in [0.2, 0.25) is 0 Å². The average Bonchev–Trinajstić information content (AvgIpc) is 2.57. The van der Waals surface area contributed by atoms with Gasteiger partial charge in [-0.2, -0.15) is 0 Å². The summed E-state index contributed by atoms with van der Waals surface area (Å²) in [6.45, 7) is 0. The molecule has 0 atom stereocenters. The van der Waals surface area contributed by atoms with Gasteiger partial charge in [-0.05, 0) is 24.3 Å². The number of benzene rings is 2. The maximum absolute atomic E-state index is 4.37. The van der Waals surface area contributed by atoms with Crippen molar-refractivity contribution in [3.05, 3.63) is 85.2 Å². The van der Waals surface area contributed by atoms with Crippen LogP contribution < -0.4 is 0 Å². The third kappa shape index (κ3) is 2.64. The van der Waals surface area contributed by atoms with E-state index in [9.17, 15) is 0 Å². The second kappa shape index (κ2) is 5.93. The van der Waals surface area contributed by atoms with Crippen LogP contribution in [0.1, 0.15) is 0 Å². The van der Waals surface area contributed by atoms with Gasteiger partial charge in [0.25, 0.3) is 0 Å². The first-order valence-corrected chi connectivity index (χ1v) is 6.53. The fraction of sp³-hybridized carbons (Fsp3) is 0. The molecule has 0 spiro atoms. The molecule has 0 aliphatic rings. The lowest BCUT2D eigenvalue weighted by Crippen LogP contribution is -1.82. The van der Waals surface area contributed by atoms with Crippen LogP contribution in [-0.4, -0.2) is 9.97 Å². The van der Waals surface area contributed by atoms with Gasteiger partial charge in [0.15, 0.2) is 0 Å². The van der Waals surface area contributed by atoms with Crippen molar-refractivity contribution in [3.63, 3.8) is 0 Å². The Morgan fingerprint density at radius 2 is 1.20 bits per heavy atom. The number of hydrogen-bond donors (Lipinski definition) is 0. The molecule has 0 saturated heterocycles. The van der Waals surface area contributed by atoms with Crippen LogP contribution in [-0.2, 0) is 0 Å². The molecule has 2 aromatic heterocycles. The number of nitrogens with zero attached hydrogens (tertiary/aromatic N) is 2. The molecule has 4 rings (SSSR count). The summed E-state index contributed by atoms with van der Waals surface area (Å²) in [6.07, 6.45) is 3.62. The molecule has 0 saturated carbocycles. The first-order chi connectivity index (χ1) is 9.95. The minimum Gasteiger partial charge on any atom is -0.256 e. The average molecular weight is 258 g/mol. The van der Waals surface area contributed by atoms with Crippen LogP contribution >= 0.6 is 0 Å². The minimum atomic E-state index is 0.999. The Morgan fingerprint density at radius 3 is 1.95 bits per heavy atom. The van der Waals surface area contributed by atoms with Crippen molar-refractivity contribution in [2.45, 2.75) is 0 Å². The Balaban J connectivity index is 0.000000170. The Kier molecular flexibility index (Phi) is 3.65. The molecule has 2 heterocycles. The van der Waals surface area contributed by atoms with Gasteiger partial charge in [-0.3, -0.25) is 9.97 Å². The van der Waals surface area contributed by atoms with E-state index in [1.807, 2.05) is 60.8 Å². The maximum atomic E-state index is 4.37. The van der Waals surface area contributed by atoms with Crippen LogP contribution in [0.5, 0.6) is 0 Å². The summed E-state index contributed by atoms with van der Waals surface area (Å²) in [5.74, 6) is 0. The molecule has 0 amide bonds. The van der Waals surface area contributed by atoms with Gasteiger partial charge in [0, 0.05) is 23.2 Å². The molecule has 0 unspecified atom stereocenters. The van der Waals surface area contributed by atoms with E-state index in [1.165, 1.54) is 0 Å². The molecule has 0 radical (unpaired) electrons. The second-order valence-electron chi connectivity index (χ2n) is 4.37. The highest BCUT2D eigenvalue weighted by atomic mass is 14.7. The van der Waals surface area contributed by atoms with E-state index >= 15 is 0 Å². The van der Waals surface area contributed by atoms with Crippen molar-refractivity contribution in [1.82, 2.24) is 9.97 Å². The number of fused-ring (bicyclic) bond motifs is 3. The van der Waals surface area contributed by atoms with E-state index in [2.05, 4.69) is 28.2 Å². The third-order valence-electron chi connectivity index (χ3n) is 3.02. The lowest BCUT2D eigenvalue weighted by Gasteiger charge is -2.00. The highest BCUT2D eigenvalue weighted by Gasteiger charge is 1.99. The second-order valence-corrected chi connectivity index (χ2v) is 4.37. The van der Waals surface area contributed by atoms with E-state index in [4.69, 9.17) is 0 Å². The minimum absolute atomic E-state index is 0.999. The van der Waals surface area contributed by atoms with Crippen LogP contribution in [0.3, 0.4) is 0 Å². The van der Waals surface area contributed by atoms with E-state index < -0.39 is 0 Å². The predicted octanol–water partition coefficient (Wildman–Crippen LogP) is 4.47. The fourth-order valence-electron chi connectivity index (χ4n) is 2.08. The number of rotatable bonds is 0. The molecule has 2 aromatic carbocycles. The van der Waals surface area contributed by atoms with E-state index in [0.717, 1.165) is 21.8 Å². The molecule has 2 heteroatoms. The van der Waals surface area contributed by atoms with E-state index in [-0.39, 0.29) is 0 Å². The van der Waals surface area contributed by atoms with Crippen molar-refractivity contribution >= 4 is 21.8 Å². The quantitative estimate of drug-likeness (QED) is 0.435. The lowest BCUT2D eigenvalue weighted by molar-refractivity contribution is 1.39. The van der Waals surface area contributed by atoms with Gasteiger partial charge in [0.1, 0.15) is 0 Å². The summed E-state index contributed by atoms with van der Waals surface area (Å²) in [4.78, 5) is 8.66. The van der Waals surface area contributed by atoms with Gasteiger partial charge in [0.05, 0.1) is 11.0 Å². The fourth-order valence-corrected chi connectivity index (χ4v) is 2.08. The molecule has 0 fully saturated rings. The molecule has 0 N–H and O–H groups in total. The van der Waals surface area contributed by atoms with Gasteiger partial charge in [0.2, 0.25) is 0 Å². The molecular formula is C18H14N2. The summed E-state index contributed by atoms with van der Waals surface area (Å²) in [5, 5.41) is 2.28. The first kappa shape index (κ1) is 12.3. The third-order valence-corrected chi connectivity index (χ3v) is 3.02. The Morgan fingerprint density at radius 1 is 0.550 bits per heavy atom. The van der Waals surface area contributed by atoms with Crippen LogP contribution in [0, 0.1) is 0 Å². The summed E-state index contributed by atoms with van der Waals surface area (Å²) >= 11 is 0. The molecule has 0 bridgehead atoms. The molecule has 0 aliphatic heterocycles. The standard InChI is InChI=1S/C12H8N2.C6H6/c1-3-9-5-6-11-10(4-2-7-13-11)12(9)14-8-1;1-2-4-6-5-3-1/h1-8H;1-6H. The molecule has 0 aliphatic carbocycles. The Hall–Kier alpha value is -2.74. The van der Waals surface area contributed by atoms with Crippen molar-refractivity contribution in [2.24, 2.45) is 0 Å². The zero-order valence-corrected chi connectivity index (χ0v) is 11.0. The monoisotopic (exact) mass is 258 g/mol. The molecular weight excluding hydrogens is 244 g/mol. The summed E-state index contributed by atoms with van der Waals surface area (Å²) in [7, 11) is 0. The van der Waals surface area contributed by atoms with Crippen molar-refractivity contribution in [2.75, 3.05) is 0 Å². The number of hydrogen-bond acceptors (Lipinski definition) is 2. The highest BCUT2D eigenvalue weighted by molar-refractivity contribution is 6.03. The van der Waals surface area contributed by atoms with Gasteiger partial charge < -0.3 is 0 Å². The van der Waals surface area contributed by atoms with Crippen molar-refractivity contribution in [1.29, 1.82) is 0 Å². The topological polar surface area (TPSA) is 25.8 Å². The summed E-state index contributed by atoms with van der Waals surface area (Å²) in [6, 6.07) is 24.1. The highest BCUT2D eigenvalue weighted by Crippen LogP contribution is 2.20. The largest absolute Gasteiger partial charge is 0.256 e. The smallest absolute Gasteiger partial charge is 0.0795 e. The van der Waals surface area contributed by atoms with Gasteiger partial charge in [-0.25, -0.2) is 0 Å². The summed E-state index contributed by atoms with van der Waals surface area (Å²) in [5.41, 5.74) is 2.02. The molecule has 4 aromatic rings. The zero-order chi connectivity index (χ0) is 13.6. The Labute approximate surface area is 117 Å². The van der Waals surface area contributed by atoms with E-state index in [1.54, 1.807) is 6.20 Å². The van der Waals surface area contributed by atoms with Gasteiger partial charge >= 0.3 is 0 Å². The summed E-state index contributed by atoms with van der Waals surface area (Å²) < 4.78 is 0. The van der Waals surface area contributed by atoms with Crippen LogP contribution in [0.4, 0.5) is 0 Å². The molecule has 96 valence electrons. The first-order valence-electron chi connectivity index (χ1n) is 6.53. The Bertz CT molecular complexity index is 729. The molecule has 20 heavy (non-hydrogen) atoms. The van der Waals surface area contributed by atoms with Crippen molar-refractivity contribution < 1.29 is 0 Å². The maximum Gasteiger partial charge on any atom is 0.0795 e. The predicted molar refractivity (Wildman–Crippen MR) is 83.5 cm³/mol. The lowest BCUT2D eigenvalue weighted by atomic mass is 10.1. The number of pyridine rings is 2. The van der Waals surface area contributed by atoms with Gasteiger partial charge in [-0.1, -0.05) is 48.5 Å². The SMILES string of the molecule is c1ccccc1.c1cnc2c(c1)ccc1ncccc12. The van der Waals surface area contributed by atoms with Gasteiger partial charge in [-0.15, -0.1) is 0 Å². The molecule has 2 nitrogen and oxygen atoms in total. The van der Waals surface area contributed by atoms with Crippen LogP contribution in [0.15, 0.2) is 85.2 Å². The van der Waals surface area contributed by atoms with Crippen LogP contribution in [0.25, 0.3) is 21.8 Å².